The van der Waals surface area contributed by atoms with Gasteiger partial charge in [-0.15, -0.1) is 0 Å². The Morgan fingerprint density at radius 2 is 1.85 bits per heavy atom. The molecule has 0 aliphatic heterocycles. The lowest BCUT2D eigenvalue weighted by atomic mass is 10.2. The van der Waals surface area contributed by atoms with E-state index in [-0.39, 0.29) is 28.9 Å². The van der Waals surface area contributed by atoms with Crippen LogP contribution >= 0.6 is 0 Å². The highest BCUT2D eigenvalue weighted by molar-refractivity contribution is 5.94. The van der Waals surface area contributed by atoms with Crippen molar-refractivity contribution in [2.24, 2.45) is 0 Å². The van der Waals surface area contributed by atoms with Crippen LogP contribution < -0.4 is 27.2 Å². The van der Waals surface area contributed by atoms with E-state index in [0.717, 1.165) is 12.1 Å². The van der Waals surface area contributed by atoms with Crippen LogP contribution in [0.1, 0.15) is 35.3 Å². The van der Waals surface area contributed by atoms with Crippen LogP contribution in [0.3, 0.4) is 0 Å². The third-order valence-corrected chi connectivity index (χ3v) is 4.82. The molecule has 0 radical (unpaired) electrons. The summed E-state index contributed by atoms with van der Waals surface area (Å²) >= 11 is 0. The Balaban J connectivity index is 1.42. The number of aromatic amines is 1. The van der Waals surface area contributed by atoms with Gasteiger partial charge in [0.25, 0.3) is 11.5 Å². The Hall–Kier alpha value is -4.06. The summed E-state index contributed by atoms with van der Waals surface area (Å²) in [5.41, 5.74) is 7.19. The Morgan fingerprint density at radius 3 is 2.62 bits per heavy atom. The monoisotopic (exact) mass is 468 g/mol. The molecule has 3 aromatic rings. The molecule has 0 unspecified atom stereocenters. The van der Waals surface area contributed by atoms with Gasteiger partial charge in [0, 0.05) is 44.5 Å². The molecule has 2 heterocycles. The minimum absolute atomic E-state index is 0.0129. The number of H-pyrrole nitrogens is 1. The lowest BCUT2D eigenvalue weighted by molar-refractivity contribution is -0.121. The van der Waals surface area contributed by atoms with Gasteiger partial charge in [-0.3, -0.25) is 19.4 Å². The van der Waals surface area contributed by atoms with Gasteiger partial charge in [0.1, 0.15) is 0 Å². The molecule has 0 aliphatic carbocycles. The predicted molar refractivity (Wildman–Crippen MR) is 127 cm³/mol. The number of hydrogen-bond acceptors (Lipinski definition) is 9. The number of nitrogen functional groups attached to an aromatic ring is 1. The summed E-state index contributed by atoms with van der Waals surface area (Å²) in [6.07, 6.45) is 3.19. The summed E-state index contributed by atoms with van der Waals surface area (Å²) in [6, 6.07) is 6.94. The second-order valence-electron chi connectivity index (χ2n) is 7.47. The fraction of sp³-hybridized carbons (Fsp3) is 0.364. The smallest absolute Gasteiger partial charge is 0.280 e. The minimum Gasteiger partial charge on any atom is -0.385 e. The van der Waals surface area contributed by atoms with E-state index < -0.39 is 5.56 Å². The molecule has 3 rings (SSSR count). The maximum absolute atomic E-state index is 12.3. The molecule has 12 nitrogen and oxygen atoms in total. The molecular formula is C22H28N8O4. The average molecular weight is 469 g/mol. The first-order valence-corrected chi connectivity index (χ1v) is 10.9. The number of nitrogens with two attached hydrogens (primary N) is 1. The number of rotatable bonds is 12. The van der Waals surface area contributed by atoms with E-state index in [9.17, 15) is 14.4 Å². The largest absolute Gasteiger partial charge is 0.385 e. The van der Waals surface area contributed by atoms with Gasteiger partial charge < -0.3 is 26.4 Å². The van der Waals surface area contributed by atoms with E-state index in [1.54, 1.807) is 31.4 Å². The van der Waals surface area contributed by atoms with Crippen molar-refractivity contribution < 1.29 is 14.3 Å². The van der Waals surface area contributed by atoms with Gasteiger partial charge in [-0.25, -0.2) is 9.97 Å². The summed E-state index contributed by atoms with van der Waals surface area (Å²) in [7, 11) is 1.62. The fourth-order valence-corrected chi connectivity index (χ4v) is 3.07. The van der Waals surface area contributed by atoms with Gasteiger partial charge in [0.05, 0.1) is 18.4 Å². The standard InChI is InChI=1S/C22H28N8O4/c1-34-11-3-10-24-17(31)4-2-9-25-20(32)14-5-7-15(8-6-14)26-12-16-13-27-19-18(28-16)21(33)30-22(23)29-19/h5-8,13,26H,2-4,9-12H2,1H3,(H,24,31)(H,25,32)(H3,23,27,29,30,33). The van der Waals surface area contributed by atoms with E-state index in [1.807, 2.05) is 0 Å². The van der Waals surface area contributed by atoms with Crippen molar-refractivity contribution in [1.82, 2.24) is 30.6 Å². The Morgan fingerprint density at radius 1 is 1.09 bits per heavy atom. The molecule has 0 atom stereocenters. The Bertz CT molecular complexity index is 1180. The number of methoxy groups -OCH3 is 1. The number of fused-ring (bicyclic) bond motifs is 1. The predicted octanol–water partition coefficient (Wildman–Crippen LogP) is 0.570. The summed E-state index contributed by atoms with van der Waals surface area (Å²) < 4.78 is 4.93. The topological polar surface area (TPSA) is 177 Å². The van der Waals surface area contributed by atoms with Crippen LogP contribution in [0, 0.1) is 0 Å². The number of aromatic nitrogens is 4. The third kappa shape index (κ3) is 7.24. The van der Waals surface area contributed by atoms with Gasteiger partial charge in [-0.2, -0.15) is 4.98 Å². The molecule has 0 aliphatic rings. The normalized spacial score (nSPS) is 10.7. The Labute approximate surface area is 195 Å². The number of amides is 2. The summed E-state index contributed by atoms with van der Waals surface area (Å²) in [6.45, 7) is 1.92. The van der Waals surface area contributed by atoms with Crippen molar-refractivity contribution in [3.63, 3.8) is 0 Å². The van der Waals surface area contributed by atoms with Crippen molar-refractivity contribution in [2.45, 2.75) is 25.8 Å². The number of ether oxygens (including phenoxy) is 1. The highest BCUT2D eigenvalue weighted by Gasteiger charge is 2.08. The summed E-state index contributed by atoms with van der Waals surface area (Å²) in [5.74, 6) is -0.263. The van der Waals surface area contributed by atoms with Crippen LogP contribution in [0.2, 0.25) is 0 Å². The van der Waals surface area contributed by atoms with Crippen molar-refractivity contribution in [3.05, 3.63) is 52.1 Å². The lowest BCUT2D eigenvalue weighted by Crippen LogP contribution is -2.28. The number of nitrogens with zero attached hydrogens (tertiary/aromatic N) is 3. The van der Waals surface area contributed by atoms with Crippen molar-refractivity contribution in [2.75, 3.05) is 37.9 Å². The second-order valence-corrected chi connectivity index (χ2v) is 7.47. The molecule has 2 aromatic heterocycles. The molecule has 6 N–H and O–H groups in total. The average Bonchev–Trinajstić information content (AvgIpc) is 2.83. The quantitative estimate of drug-likeness (QED) is 0.238. The molecule has 180 valence electrons. The van der Waals surface area contributed by atoms with E-state index >= 15 is 0 Å². The lowest BCUT2D eigenvalue weighted by Gasteiger charge is -2.09. The molecule has 0 fully saturated rings. The maximum Gasteiger partial charge on any atom is 0.280 e. The summed E-state index contributed by atoms with van der Waals surface area (Å²) in [5, 5.41) is 8.79. The molecule has 1 aromatic carbocycles. The second kappa shape index (κ2) is 12.3. The highest BCUT2D eigenvalue weighted by Crippen LogP contribution is 2.11. The number of carbonyl (C=O) groups excluding carboxylic acids is 2. The van der Waals surface area contributed by atoms with Crippen molar-refractivity contribution in [1.29, 1.82) is 0 Å². The molecule has 0 saturated carbocycles. The van der Waals surface area contributed by atoms with Crippen molar-refractivity contribution >= 4 is 34.6 Å². The first kappa shape index (κ1) is 24.6. The van der Waals surface area contributed by atoms with Gasteiger partial charge in [-0.05, 0) is 37.1 Å². The number of benzene rings is 1. The fourth-order valence-electron chi connectivity index (χ4n) is 3.07. The van der Waals surface area contributed by atoms with Gasteiger partial charge in [-0.1, -0.05) is 0 Å². The van der Waals surface area contributed by atoms with Crippen LogP contribution in [-0.2, 0) is 16.1 Å². The zero-order chi connectivity index (χ0) is 24.3. The minimum atomic E-state index is -0.449. The van der Waals surface area contributed by atoms with Crippen LogP contribution in [-0.4, -0.2) is 58.6 Å². The number of nitrogens with one attached hydrogen (secondary N) is 4. The van der Waals surface area contributed by atoms with E-state index in [1.165, 1.54) is 6.20 Å². The molecule has 0 spiro atoms. The summed E-state index contributed by atoms with van der Waals surface area (Å²) in [4.78, 5) is 50.7. The maximum atomic E-state index is 12.3. The van der Waals surface area contributed by atoms with Gasteiger partial charge in [0.2, 0.25) is 11.9 Å². The van der Waals surface area contributed by atoms with Crippen molar-refractivity contribution in [3.8, 4) is 0 Å². The highest BCUT2D eigenvalue weighted by atomic mass is 16.5. The molecule has 2 amide bonds. The zero-order valence-electron chi connectivity index (χ0n) is 18.9. The van der Waals surface area contributed by atoms with Crippen LogP contribution in [0.4, 0.5) is 11.6 Å². The Kier molecular flexibility index (Phi) is 8.86. The molecular weight excluding hydrogens is 440 g/mol. The van der Waals surface area contributed by atoms with Crippen LogP contribution in [0.15, 0.2) is 35.3 Å². The number of carbonyl (C=O) groups is 2. The van der Waals surface area contributed by atoms with Gasteiger partial charge in [0.15, 0.2) is 11.2 Å². The molecule has 34 heavy (non-hydrogen) atoms. The first-order valence-electron chi connectivity index (χ1n) is 10.9. The molecule has 0 saturated heterocycles. The van der Waals surface area contributed by atoms with Crippen LogP contribution in [0.25, 0.3) is 11.2 Å². The number of hydrogen-bond donors (Lipinski definition) is 5. The first-order chi connectivity index (χ1) is 16.5. The van der Waals surface area contributed by atoms with Gasteiger partial charge >= 0.3 is 0 Å². The van der Waals surface area contributed by atoms with E-state index in [0.29, 0.717) is 50.3 Å². The SMILES string of the molecule is COCCCNC(=O)CCCNC(=O)c1ccc(NCc2cnc3nc(N)[nH]c(=O)c3n2)cc1. The number of anilines is 2. The third-order valence-electron chi connectivity index (χ3n) is 4.82. The van der Waals surface area contributed by atoms with Crippen LogP contribution in [0.5, 0.6) is 0 Å². The zero-order valence-corrected chi connectivity index (χ0v) is 18.9. The van der Waals surface area contributed by atoms with E-state index in [4.69, 9.17) is 10.5 Å². The van der Waals surface area contributed by atoms with E-state index in [2.05, 4.69) is 35.9 Å². The molecule has 12 heteroatoms. The molecule has 0 bridgehead atoms.